The molecule has 1 aliphatic rings. The van der Waals surface area contributed by atoms with Crippen LogP contribution in [0.15, 0.2) is 0 Å². The lowest BCUT2D eigenvalue weighted by atomic mass is 10.1. The average Bonchev–Trinajstić information content (AvgIpc) is 2.67. The fraction of sp³-hybridized carbons (Fsp3) is 0.900. The summed E-state index contributed by atoms with van der Waals surface area (Å²) in [7, 11) is 0. The summed E-state index contributed by atoms with van der Waals surface area (Å²) in [4.78, 5) is 11.6. The smallest absolute Gasteiger partial charge is 0.370 e. The fourth-order valence-electron chi connectivity index (χ4n) is 1.63. The first-order chi connectivity index (χ1) is 7.88. The third kappa shape index (κ3) is 5.88. The van der Waals surface area contributed by atoms with E-state index in [1.807, 2.05) is 0 Å². The number of halogens is 3. The molecule has 17 heavy (non-hydrogen) atoms. The number of hydrogen-bond acceptors (Lipinski definition) is 3. The Kier molecular flexibility index (Phi) is 5.20. The highest BCUT2D eigenvalue weighted by Crippen LogP contribution is 2.14. The van der Waals surface area contributed by atoms with Gasteiger partial charge in [0.25, 0.3) is 0 Å². The minimum absolute atomic E-state index is 0.0833. The molecular formula is C10H17F3N2O2. The molecule has 1 rings (SSSR count). The van der Waals surface area contributed by atoms with Gasteiger partial charge in [0.05, 0.1) is 12.5 Å². The molecule has 1 amide bonds. The van der Waals surface area contributed by atoms with Crippen LogP contribution in [0.1, 0.15) is 13.3 Å². The van der Waals surface area contributed by atoms with Gasteiger partial charge in [-0.2, -0.15) is 13.2 Å². The van der Waals surface area contributed by atoms with Crippen LogP contribution in [0.5, 0.6) is 0 Å². The molecule has 0 radical (unpaired) electrons. The van der Waals surface area contributed by atoms with Crippen molar-refractivity contribution in [1.82, 2.24) is 10.6 Å². The van der Waals surface area contributed by atoms with Crippen molar-refractivity contribution in [3.05, 3.63) is 0 Å². The molecule has 0 aliphatic carbocycles. The Bertz CT molecular complexity index is 252. The summed E-state index contributed by atoms with van der Waals surface area (Å²) >= 11 is 0. The van der Waals surface area contributed by atoms with Gasteiger partial charge in [-0.05, 0) is 19.9 Å². The Labute approximate surface area is 97.9 Å². The van der Waals surface area contributed by atoms with E-state index in [2.05, 4.69) is 15.4 Å². The quantitative estimate of drug-likeness (QED) is 0.758. The van der Waals surface area contributed by atoms with E-state index in [4.69, 9.17) is 0 Å². The van der Waals surface area contributed by atoms with Crippen LogP contribution in [0, 0.1) is 5.92 Å². The lowest BCUT2D eigenvalue weighted by Gasteiger charge is -2.17. The number of carbonyl (C=O) groups excluding carboxylic acids is 1. The van der Waals surface area contributed by atoms with E-state index in [9.17, 15) is 18.0 Å². The van der Waals surface area contributed by atoms with E-state index in [1.165, 1.54) is 0 Å². The second-order valence-corrected chi connectivity index (χ2v) is 4.23. The molecule has 0 aromatic carbocycles. The monoisotopic (exact) mass is 254 g/mol. The number of nitrogens with one attached hydrogen (secondary N) is 2. The van der Waals surface area contributed by atoms with Gasteiger partial charge in [-0.25, -0.2) is 0 Å². The van der Waals surface area contributed by atoms with Gasteiger partial charge in [-0.3, -0.25) is 4.79 Å². The zero-order chi connectivity index (χ0) is 12.9. The fourth-order valence-corrected chi connectivity index (χ4v) is 1.63. The van der Waals surface area contributed by atoms with Gasteiger partial charge in [0.15, 0.2) is 0 Å². The molecule has 100 valence electrons. The molecule has 2 unspecified atom stereocenters. The number of carbonyl (C=O) groups is 1. The van der Waals surface area contributed by atoms with Crippen LogP contribution in [0.3, 0.4) is 0 Å². The van der Waals surface area contributed by atoms with Gasteiger partial charge in [0.1, 0.15) is 6.61 Å². The highest BCUT2D eigenvalue weighted by atomic mass is 19.4. The minimum Gasteiger partial charge on any atom is -0.370 e. The van der Waals surface area contributed by atoms with E-state index in [0.717, 1.165) is 13.0 Å². The maximum atomic E-state index is 11.8. The SMILES string of the molecule is CC(COCC(F)(F)F)NC(=O)C1CCNC1. The van der Waals surface area contributed by atoms with E-state index >= 15 is 0 Å². The van der Waals surface area contributed by atoms with Crippen molar-refractivity contribution >= 4 is 5.91 Å². The van der Waals surface area contributed by atoms with Crippen molar-refractivity contribution in [2.75, 3.05) is 26.3 Å². The Morgan fingerprint density at radius 1 is 1.59 bits per heavy atom. The van der Waals surface area contributed by atoms with Crippen LogP contribution >= 0.6 is 0 Å². The zero-order valence-corrected chi connectivity index (χ0v) is 9.64. The molecule has 1 fully saturated rings. The van der Waals surface area contributed by atoms with Crippen molar-refractivity contribution < 1.29 is 22.7 Å². The predicted molar refractivity (Wildman–Crippen MR) is 55.5 cm³/mol. The standard InChI is InChI=1S/C10H17F3N2O2/c1-7(5-17-6-10(11,12)13)15-9(16)8-2-3-14-4-8/h7-8,14H,2-6H2,1H3,(H,15,16). The number of hydrogen-bond donors (Lipinski definition) is 2. The third-order valence-corrected chi connectivity index (χ3v) is 2.45. The maximum Gasteiger partial charge on any atom is 0.411 e. The van der Waals surface area contributed by atoms with Gasteiger partial charge in [0, 0.05) is 12.6 Å². The molecule has 0 bridgehead atoms. The normalized spacial score (nSPS) is 22.5. The van der Waals surface area contributed by atoms with E-state index in [0.29, 0.717) is 6.54 Å². The van der Waals surface area contributed by atoms with Gasteiger partial charge < -0.3 is 15.4 Å². The summed E-state index contributed by atoms with van der Waals surface area (Å²) in [5.74, 6) is -0.210. The molecule has 0 aromatic rings. The number of rotatable bonds is 5. The van der Waals surface area contributed by atoms with Crippen LogP contribution in [-0.4, -0.2) is 44.4 Å². The Balaban J connectivity index is 2.15. The van der Waals surface area contributed by atoms with Crippen LogP contribution < -0.4 is 10.6 Å². The van der Waals surface area contributed by atoms with Crippen LogP contribution in [0.2, 0.25) is 0 Å². The summed E-state index contributed by atoms with van der Waals surface area (Å²) < 4.78 is 39.8. The first-order valence-electron chi connectivity index (χ1n) is 5.54. The lowest BCUT2D eigenvalue weighted by molar-refractivity contribution is -0.175. The lowest BCUT2D eigenvalue weighted by Crippen LogP contribution is -2.40. The van der Waals surface area contributed by atoms with Gasteiger partial charge in [-0.1, -0.05) is 0 Å². The highest BCUT2D eigenvalue weighted by Gasteiger charge is 2.28. The van der Waals surface area contributed by atoms with Crippen molar-refractivity contribution in [3.63, 3.8) is 0 Å². The second-order valence-electron chi connectivity index (χ2n) is 4.23. The summed E-state index contributed by atoms with van der Waals surface area (Å²) in [5.41, 5.74) is 0. The topological polar surface area (TPSA) is 50.4 Å². The Morgan fingerprint density at radius 2 is 2.29 bits per heavy atom. The summed E-state index contributed by atoms with van der Waals surface area (Å²) in [6.45, 7) is 1.64. The highest BCUT2D eigenvalue weighted by molar-refractivity contribution is 5.79. The van der Waals surface area contributed by atoms with Gasteiger partial charge in [-0.15, -0.1) is 0 Å². The molecule has 0 aromatic heterocycles. The molecule has 1 heterocycles. The van der Waals surface area contributed by atoms with Gasteiger partial charge in [0.2, 0.25) is 5.91 Å². The summed E-state index contributed by atoms with van der Waals surface area (Å²) in [6.07, 6.45) is -3.55. The summed E-state index contributed by atoms with van der Waals surface area (Å²) in [6, 6.07) is -0.412. The number of amides is 1. The molecule has 4 nitrogen and oxygen atoms in total. The van der Waals surface area contributed by atoms with Crippen LogP contribution in [0.4, 0.5) is 13.2 Å². The van der Waals surface area contributed by atoms with E-state index in [-0.39, 0.29) is 18.4 Å². The molecule has 0 saturated carbocycles. The largest absolute Gasteiger partial charge is 0.411 e. The van der Waals surface area contributed by atoms with Crippen LogP contribution in [0.25, 0.3) is 0 Å². The molecular weight excluding hydrogens is 237 g/mol. The average molecular weight is 254 g/mol. The second kappa shape index (κ2) is 6.20. The van der Waals surface area contributed by atoms with E-state index < -0.39 is 18.8 Å². The zero-order valence-electron chi connectivity index (χ0n) is 9.64. The molecule has 2 N–H and O–H groups in total. The minimum atomic E-state index is -4.32. The maximum absolute atomic E-state index is 11.8. The number of alkyl halides is 3. The molecule has 0 spiro atoms. The molecule has 1 aliphatic heterocycles. The molecule has 2 atom stereocenters. The molecule has 7 heteroatoms. The van der Waals surface area contributed by atoms with Gasteiger partial charge >= 0.3 is 6.18 Å². The van der Waals surface area contributed by atoms with Crippen molar-refractivity contribution in [2.24, 2.45) is 5.92 Å². The number of ether oxygens (including phenoxy) is 1. The summed E-state index contributed by atoms with van der Waals surface area (Å²) in [5, 5.41) is 5.69. The first-order valence-corrected chi connectivity index (χ1v) is 5.54. The Hall–Kier alpha value is -0.820. The van der Waals surface area contributed by atoms with Crippen molar-refractivity contribution in [2.45, 2.75) is 25.6 Å². The predicted octanol–water partition coefficient (Wildman–Crippen LogP) is 0.679. The Morgan fingerprint density at radius 3 is 2.82 bits per heavy atom. The van der Waals surface area contributed by atoms with E-state index in [1.54, 1.807) is 6.92 Å². The van der Waals surface area contributed by atoms with Crippen LogP contribution in [-0.2, 0) is 9.53 Å². The van der Waals surface area contributed by atoms with Crippen molar-refractivity contribution in [3.8, 4) is 0 Å². The molecule has 1 saturated heterocycles. The first kappa shape index (κ1) is 14.2. The third-order valence-electron chi connectivity index (χ3n) is 2.45. The van der Waals surface area contributed by atoms with Crippen molar-refractivity contribution in [1.29, 1.82) is 0 Å².